The van der Waals surface area contributed by atoms with Crippen LogP contribution in [-0.4, -0.2) is 32.0 Å². The summed E-state index contributed by atoms with van der Waals surface area (Å²) in [6.45, 7) is 3.38. The van der Waals surface area contributed by atoms with Crippen LogP contribution in [0.4, 0.5) is 0 Å². The fourth-order valence-corrected chi connectivity index (χ4v) is 4.34. The van der Waals surface area contributed by atoms with Crippen LogP contribution in [0.1, 0.15) is 31.7 Å². The lowest BCUT2D eigenvalue weighted by molar-refractivity contribution is 0.0652. The predicted octanol–water partition coefficient (Wildman–Crippen LogP) is 1.73. The number of rotatable bonds is 3. The lowest BCUT2D eigenvalue weighted by atomic mass is 9.89. The second-order valence-electron chi connectivity index (χ2n) is 5.40. The highest BCUT2D eigenvalue weighted by molar-refractivity contribution is 7.91. The average molecular weight is 270 g/mol. The van der Waals surface area contributed by atoms with E-state index in [1.807, 2.05) is 0 Å². The number of aliphatic hydroxyl groups is 1. The molecule has 0 amide bonds. The largest absolute Gasteiger partial charge is 0.497 e. The molecule has 0 saturated heterocycles. The molecule has 1 aromatic carbocycles. The van der Waals surface area contributed by atoms with Gasteiger partial charge >= 0.3 is 0 Å². The monoisotopic (exact) mass is 270 g/mol. The van der Waals surface area contributed by atoms with Gasteiger partial charge in [0.15, 0.2) is 9.84 Å². The first-order valence-corrected chi connectivity index (χ1v) is 7.51. The Balaban J connectivity index is 2.46. The summed E-state index contributed by atoms with van der Waals surface area (Å²) in [5.74, 6) is 0.547. The topological polar surface area (TPSA) is 63.6 Å². The van der Waals surface area contributed by atoms with Crippen molar-refractivity contribution in [1.82, 2.24) is 0 Å². The molecule has 5 heteroatoms. The molecule has 1 atom stereocenters. The van der Waals surface area contributed by atoms with Crippen molar-refractivity contribution in [2.45, 2.75) is 36.7 Å². The highest BCUT2D eigenvalue weighted by atomic mass is 32.2. The third kappa shape index (κ3) is 2.52. The van der Waals surface area contributed by atoms with E-state index in [0.29, 0.717) is 17.1 Å². The first kappa shape index (κ1) is 13.4. The number of ether oxygens (including phenoxy) is 1. The first-order valence-electron chi connectivity index (χ1n) is 5.86. The molecule has 2 rings (SSSR count). The summed E-state index contributed by atoms with van der Waals surface area (Å²) in [4.78, 5) is 0.373. The van der Waals surface area contributed by atoms with Gasteiger partial charge in [-0.2, -0.15) is 0 Å². The summed E-state index contributed by atoms with van der Waals surface area (Å²) in [6, 6.07) is 5.01. The Bertz CT molecular complexity index is 555. The Morgan fingerprint density at radius 2 is 2.11 bits per heavy atom. The highest BCUT2D eigenvalue weighted by Gasteiger charge is 2.37. The molecular formula is C13H18O4S. The summed E-state index contributed by atoms with van der Waals surface area (Å²) < 4.78 is 29.2. The van der Waals surface area contributed by atoms with Gasteiger partial charge < -0.3 is 9.84 Å². The van der Waals surface area contributed by atoms with Crippen LogP contribution in [0.15, 0.2) is 23.1 Å². The average Bonchev–Trinajstić information content (AvgIpc) is 2.48. The molecule has 1 N–H and O–H groups in total. The molecule has 0 saturated carbocycles. The van der Waals surface area contributed by atoms with Gasteiger partial charge in [-0.3, -0.25) is 0 Å². The number of hydrogen-bond donors (Lipinski definition) is 1. The minimum Gasteiger partial charge on any atom is -0.497 e. The zero-order valence-electron chi connectivity index (χ0n) is 10.8. The van der Waals surface area contributed by atoms with E-state index in [-0.39, 0.29) is 11.7 Å². The molecule has 1 aliphatic rings. The van der Waals surface area contributed by atoms with Gasteiger partial charge in [-0.25, -0.2) is 8.42 Å². The quantitative estimate of drug-likeness (QED) is 0.908. The van der Waals surface area contributed by atoms with Crippen molar-refractivity contribution in [3.05, 3.63) is 23.8 Å². The Morgan fingerprint density at radius 1 is 1.44 bits per heavy atom. The summed E-state index contributed by atoms with van der Waals surface area (Å²) in [5, 5.41) is 9.87. The molecule has 1 heterocycles. The lowest BCUT2D eigenvalue weighted by Gasteiger charge is -2.21. The molecular weight excluding hydrogens is 252 g/mol. The predicted molar refractivity (Wildman–Crippen MR) is 68.7 cm³/mol. The number of methoxy groups -OCH3 is 1. The molecule has 1 aromatic rings. The van der Waals surface area contributed by atoms with Crippen LogP contribution in [-0.2, 0) is 9.84 Å². The van der Waals surface area contributed by atoms with Gasteiger partial charge in [0.25, 0.3) is 0 Å². The van der Waals surface area contributed by atoms with E-state index < -0.39 is 15.4 Å². The zero-order chi connectivity index (χ0) is 13.6. The molecule has 1 unspecified atom stereocenters. The van der Waals surface area contributed by atoms with Crippen LogP contribution in [0.2, 0.25) is 0 Å². The van der Waals surface area contributed by atoms with Gasteiger partial charge in [0.2, 0.25) is 0 Å². The van der Waals surface area contributed by atoms with E-state index in [2.05, 4.69) is 0 Å². The summed E-state index contributed by atoms with van der Waals surface area (Å²) >= 11 is 0. The number of hydrogen-bond acceptors (Lipinski definition) is 4. The Hall–Kier alpha value is -1.07. The smallest absolute Gasteiger partial charge is 0.179 e. The fourth-order valence-electron chi connectivity index (χ4n) is 2.47. The fraction of sp³-hybridized carbons (Fsp3) is 0.538. The van der Waals surface area contributed by atoms with Gasteiger partial charge in [0.1, 0.15) is 5.75 Å². The van der Waals surface area contributed by atoms with Gasteiger partial charge in [-0.1, -0.05) is 0 Å². The second-order valence-corrected chi connectivity index (χ2v) is 7.40. The number of benzene rings is 1. The number of sulfone groups is 1. The van der Waals surface area contributed by atoms with Crippen molar-refractivity contribution < 1.29 is 18.3 Å². The summed E-state index contributed by atoms with van der Waals surface area (Å²) in [6.07, 6.45) is 0.423. The second kappa shape index (κ2) is 4.24. The van der Waals surface area contributed by atoms with Crippen LogP contribution < -0.4 is 4.74 Å². The lowest BCUT2D eigenvalue weighted by Crippen LogP contribution is -2.23. The van der Waals surface area contributed by atoms with Crippen LogP contribution in [0.25, 0.3) is 0 Å². The van der Waals surface area contributed by atoms with Crippen molar-refractivity contribution >= 4 is 9.84 Å². The molecule has 0 spiro atoms. The molecule has 0 radical (unpaired) electrons. The van der Waals surface area contributed by atoms with E-state index in [1.165, 1.54) is 0 Å². The van der Waals surface area contributed by atoms with Crippen molar-refractivity contribution in [3.8, 4) is 5.75 Å². The maximum Gasteiger partial charge on any atom is 0.179 e. The Labute approximate surface area is 108 Å². The van der Waals surface area contributed by atoms with E-state index >= 15 is 0 Å². The maximum absolute atomic E-state index is 12.0. The maximum atomic E-state index is 12.0. The third-order valence-electron chi connectivity index (χ3n) is 3.16. The van der Waals surface area contributed by atoms with Gasteiger partial charge in [-0.05, 0) is 44.0 Å². The van der Waals surface area contributed by atoms with E-state index in [9.17, 15) is 13.5 Å². The standard InChI is InChI=1S/C13H18O4S/c1-13(2,14)7-9-8-18(15,16)12-5-4-10(17-3)6-11(9)12/h4-6,9,14H,7-8H2,1-3H3. The minimum absolute atomic E-state index is 0.0689. The van der Waals surface area contributed by atoms with Crippen molar-refractivity contribution in [2.24, 2.45) is 0 Å². The Morgan fingerprint density at radius 3 is 2.67 bits per heavy atom. The molecule has 1 aliphatic heterocycles. The highest BCUT2D eigenvalue weighted by Crippen LogP contribution is 2.40. The van der Waals surface area contributed by atoms with E-state index in [4.69, 9.17) is 4.74 Å². The Kier molecular flexibility index (Phi) is 3.15. The SMILES string of the molecule is COc1ccc2c(c1)C(CC(C)(C)O)CS2(=O)=O. The van der Waals surface area contributed by atoms with E-state index in [1.54, 1.807) is 39.2 Å². The van der Waals surface area contributed by atoms with Gasteiger partial charge in [-0.15, -0.1) is 0 Å². The molecule has 18 heavy (non-hydrogen) atoms. The third-order valence-corrected chi connectivity index (χ3v) is 5.04. The zero-order valence-corrected chi connectivity index (χ0v) is 11.6. The minimum atomic E-state index is -3.22. The molecule has 0 bridgehead atoms. The van der Waals surface area contributed by atoms with Gasteiger partial charge in [0.05, 0.1) is 23.4 Å². The van der Waals surface area contributed by atoms with Crippen LogP contribution in [0.3, 0.4) is 0 Å². The summed E-state index contributed by atoms with van der Waals surface area (Å²) in [7, 11) is -1.67. The number of fused-ring (bicyclic) bond motifs is 1. The molecule has 100 valence electrons. The van der Waals surface area contributed by atoms with Crippen molar-refractivity contribution in [3.63, 3.8) is 0 Å². The van der Waals surface area contributed by atoms with Crippen molar-refractivity contribution in [2.75, 3.05) is 12.9 Å². The molecule has 0 fully saturated rings. The van der Waals surface area contributed by atoms with Gasteiger partial charge in [0, 0.05) is 5.92 Å². The molecule has 0 aliphatic carbocycles. The van der Waals surface area contributed by atoms with Crippen molar-refractivity contribution in [1.29, 1.82) is 0 Å². The molecule has 0 aromatic heterocycles. The first-order chi connectivity index (χ1) is 8.23. The van der Waals surface area contributed by atoms with E-state index in [0.717, 1.165) is 5.56 Å². The van der Waals surface area contributed by atoms with Crippen LogP contribution >= 0.6 is 0 Å². The van der Waals surface area contributed by atoms with Crippen LogP contribution in [0.5, 0.6) is 5.75 Å². The summed E-state index contributed by atoms with van der Waals surface area (Å²) in [5.41, 5.74) is -0.123. The normalized spacial score (nSPS) is 21.7. The van der Waals surface area contributed by atoms with Crippen LogP contribution in [0, 0.1) is 0 Å². The molecule has 4 nitrogen and oxygen atoms in total.